The van der Waals surface area contributed by atoms with E-state index in [0.29, 0.717) is 13.1 Å². The van der Waals surface area contributed by atoms with Crippen LogP contribution >= 0.6 is 0 Å². The van der Waals surface area contributed by atoms with Crippen molar-refractivity contribution >= 4 is 12.1 Å². The van der Waals surface area contributed by atoms with E-state index in [1.54, 1.807) is 0 Å². The predicted molar refractivity (Wildman–Crippen MR) is 106 cm³/mol. The molecule has 0 saturated carbocycles. The Kier molecular flexibility index (Phi) is 9.02. The maximum Gasteiger partial charge on any atom is 0.407 e. The van der Waals surface area contributed by atoms with Gasteiger partial charge >= 0.3 is 6.09 Å². The first-order valence-electron chi connectivity index (χ1n) is 9.36. The van der Waals surface area contributed by atoms with E-state index in [2.05, 4.69) is 40.1 Å². The highest BCUT2D eigenvalue weighted by atomic mass is 16.6. The summed E-state index contributed by atoms with van der Waals surface area (Å²) in [5.74, 6) is 0.739. The second-order valence-electron chi connectivity index (χ2n) is 7.39. The zero-order valence-corrected chi connectivity index (χ0v) is 17.1. The Morgan fingerprint density at radius 3 is 2.58 bits per heavy atom. The van der Waals surface area contributed by atoms with Crippen molar-refractivity contribution in [1.29, 1.82) is 0 Å². The molecule has 0 spiro atoms. The Morgan fingerprint density at radius 2 is 2.04 bits per heavy atom. The Balaban J connectivity index is 2.59. The maximum absolute atomic E-state index is 12.0. The van der Waals surface area contributed by atoms with E-state index in [-0.39, 0.29) is 12.1 Å². The number of alkyl carbamates (subject to hydrolysis) is 1. The van der Waals surface area contributed by atoms with Gasteiger partial charge in [-0.25, -0.2) is 9.79 Å². The van der Waals surface area contributed by atoms with E-state index in [4.69, 9.17) is 4.74 Å². The van der Waals surface area contributed by atoms with E-state index in [9.17, 15) is 4.79 Å². The SMILES string of the molecule is CCCC(CNC(=NCc1ccn(C)c1)NCC)NC(=O)OC(C)(C)C. The highest BCUT2D eigenvalue weighted by molar-refractivity contribution is 5.79. The quantitative estimate of drug-likeness (QED) is 0.489. The number of carbonyl (C=O) groups excluding carboxylic acids is 1. The molecule has 0 aliphatic rings. The Labute approximate surface area is 157 Å². The van der Waals surface area contributed by atoms with Crippen LogP contribution in [-0.4, -0.2) is 41.4 Å². The third-order valence-electron chi connectivity index (χ3n) is 3.53. The molecule has 26 heavy (non-hydrogen) atoms. The average molecular weight is 366 g/mol. The largest absolute Gasteiger partial charge is 0.444 e. The summed E-state index contributed by atoms with van der Waals surface area (Å²) in [7, 11) is 1.99. The van der Waals surface area contributed by atoms with Crippen molar-refractivity contribution in [3.8, 4) is 0 Å². The van der Waals surface area contributed by atoms with Crippen molar-refractivity contribution in [2.75, 3.05) is 13.1 Å². The molecule has 7 nitrogen and oxygen atoms in total. The minimum atomic E-state index is -0.500. The van der Waals surface area contributed by atoms with Gasteiger partial charge in [0.25, 0.3) is 0 Å². The van der Waals surface area contributed by atoms with E-state index in [1.165, 1.54) is 0 Å². The van der Waals surface area contributed by atoms with Gasteiger partial charge in [-0.2, -0.15) is 0 Å². The normalized spacial score (nSPS) is 13.2. The van der Waals surface area contributed by atoms with Crippen LogP contribution in [0, 0.1) is 0 Å². The standard InChI is InChI=1S/C19H35N5O2/c1-7-9-16(23-18(25)26-19(3,4)5)13-22-17(20-8-2)21-12-15-10-11-24(6)14-15/h10-11,14,16H,7-9,12-13H2,1-6H3,(H,23,25)(H2,20,21,22). The molecule has 7 heteroatoms. The summed E-state index contributed by atoms with van der Waals surface area (Å²) < 4.78 is 7.36. The minimum absolute atomic E-state index is 0.0181. The van der Waals surface area contributed by atoms with Crippen LogP contribution in [0.25, 0.3) is 0 Å². The Hall–Kier alpha value is -2.18. The van der Waals surface area contributed by atoms with Gasteiger partial charge in [-0.05, 0) is 45.7 Å². The number of hydrogen-bond acceptors (Lipinski definition) is 3. The van der Waals surface area contributed by atoms with Crippen LogP contribution in [-0.2, 0) is 18.3 Å². The molecule has 1 aromatic rings. The van der Waals surface area contributed by atoms with Crippen molar-refractivity contribution in [2.45, 2.75) is 65.6 Å². The van der Waals surface area contributed by atoms with Gasteiger partial charge in [0.2, 0.25) is 0 Å². The lowest BCUT2D eigenvalue weighted by atomic mass is 10.1. The molecule has 0 fully saturated rings. The summed E-state index contributed by atoms with van der Waals surface area (Å²) >= 11 is 0. The molecule has 1 heterocycles. The molecule has 3 N–H and O–H groups in total. The summed E-state index contributed by atoms with van der Waals surface area (Å²) in [5.41, 5.74) is 0.655. The van der Waals surface area contributed by atoms with Gasteiger partial charge in [0.1, 0.15) is 5.60 Å². The Bertz CT molecular complexity index is 575. The van der Waals surface area contributed by atoms with Crippen molar-refractivity contribution in [3.63, 3.8) is 0 Å². The second-order valence-corrected chi connectivity index (χ2v) is 7.39. The predicted octanol–water partition coefficient (Wildman–Crippen LogP) is 2.77. The van der Waals surface area contributed by atoms with Crippen LogP contribution in [0.4, 0.5) is 4.79 Å². The number of amides is 1. The van der Waals surface area contributed by atoms with Gasteiger partial charge in [0.05, 0.1) is 6.54 Å². The van der Waals surface area contributed by atoms with E-state index < -0.39 is 5.60 Å². The van der Waals surface area contributed by atoms with Gasteiger partial charge in [0, 0.05) is 38.6 Å². The minimum Gasteiger partial charge on any atom is -0.444 e. The first kappa shape index (κ1) is 21.9. The first-order chi connectivity index (χ1) is 12.2. The molecule has 0 aromatic carbocycles. The van der Waals surface area contributed by atoms with Gasteiger partial charge in [0.15, 0.2) is 5.96 Å². The molecule has 0 saturated heterocycles. The molecule has 0 aliphatic carbocycles. The molecular weight excluding hydrogens is 330 g/mol. The van der Waals surface area contributed by atoms with E-state index >= 15 is 0 Å². The number of nitrogens with zero attached hydrogens (tertiary/aromatic N) is 2. The van der Waals surface area contributed by atoms with Crippen LogP contribution in [0.5, 0.6) is 0 Å². The molecule has 1 rings (SSSR count). The Morgan fingerprint density at radius 1 is 1.31 bits per heavy atom. The highest BCUT2D eigenvalue weighted by Crippen LogP contribution is 2.07. The third-order valence-corrected chi connectivity index (χ3v) is 3.53. The summed E-state index contributed by atoms with van der Waals surface area (Å²) in [6, 6.07) is 2.03. The number of guanidine groups is 1. The third kappa shape index (κ3) is 9.34. The lowest BCUT2D eigenvalue weighted by Gasteiger charge is -2.24. The molecule has 1 amide bonds. The van der Waals surface area contributed by atoms with Crippen LogP contribution < -0.4 is 16.0 Å². The first-order valence-corrected chi connectivity index (χ1v) is 9.36. The molecule has 0 radical (unpaired) electrons. The molecule has 1 aromatic heterocycles. The number of carbonyl (C=O) groups is 1. The summed E-state index contributed by atoms with van der Waals surface area (Å²) in [4.78, 5) is 16.6. The van der Waals surface area contributed by atoms with Crippen molar-refractivity contribution < 1.29 is 9.53 Å². The fourth-order valence-corrected chi connectivity index (χ4v) is 2.43. The smallest absolute Gasteiger partial charge is 0.407 e. The number of aromatic nitrogens is 1. The lowest BCUT2D eigenvalue weighted by molar-refractivity contribution is 0.0502. The zero-order chi connectivity index (χ0) is 19.6. The summed E-state index contributed by atoms with van der Waals surface area (Å²) in [5, 5.41) is 9.49. The topological polar surface area (TPSA) is 79.7 Å². The van der Waals surface area contributed by atoms with E-state index in [1.807, 2.05) is 45.5 Å². The monoisotopic (exact) mass is 365 g/mol. The fourth-order valence-electron chi connectivity index (χ4n) is 2.43. The van der Waals surface area contributed by atoms with Crippen molar-refractivity contribution in [2.24, 2.45) is 12.0 Å². The van der Waals surface area contributed by atoms with E-state index in [0.717, 1.165) is 30.9 Å². The van der Waals surface area contributed by atoms with Gasteiger partial charge < -0.3 is 25.3 Å². The van der Waals surface area contributed by atoms with Gasteiger partial charge in [-0.1, -0.05) is 13.3 Å². The molecular formula is C19H35N5O2. The molecule has 0 bridgehead atoms. The molecule has 1 unspecified atom stereocenters. The summed E-state index contributed by atoms with van der Waals surface area (Å²) in [6.07, 6.45) is 5.51. The fraction of sp³-hybridized carbons (Fsp3) is 0.684. The van der Waals surface area contributed by atoms with Crippen molar-refractivity contribution in [1.82, 2.24) is 20.5 Å². The number of rotatable bonds is 8. The van der Waals surface area contributed by atoms with Crippen LogP contribution in [0.1, 0.15) is 53.0 Å². The lowest BCUT2D eigenvalue weighted by Crippen LogP contribution is -2.48. The molecule has 0 aliphatic heterocycles. The number of aliphatic imine (C=N–C) groups is 1. The second kappa shape index (κ2) is 10.7. The number of aryl methyl sites for hydroxylation is 1. The number of ether oxygens (including phenoxy) is 1. The van der Waals surface area contributed by atoms with Crippen molar-refractivity contribution in [3.05, 3.63) is 24.0 Å². The van der Waals surface area contributed by atoms with Crippen LogP contribution in [0.15, 0.2) is 23.5 Å². The average Bonchev–Trinajstić information content (AvgIpc) is 2.93. The molecule has 148 valence electrons. The van der Waals surface area contributed by atoms with Crippen LogP contribution in [0.2, 0.25) is 0 Å². The summed E-state index contributed by atoms with van der Waals surface area (Å²) in [6.45, 7) is 11.7. The number of hydrogen-bond donors (Lipinski definition) is 3. The zero-order valence-electron chi connectivity index (χ0n) is 17.1. The van der Waals surface area contributed by atoms with Crippen LogP contribution in [0.3, 0.4) is 0 Å². The molecule has 1 atom stereocenters. The highest BCUT2D eigenvalue weighted by Gasteiger charge is 2.19. The van der Waals surface area contributed by atoms with Gasteiger partial charge in [-0.3, -0.25) is 0 Å². The maximum atomic E-state index is 12.0. The van der Waals surface area contributed by atoms with Gasteiger partial charge in [-0.15, -0.1) is 0 Å². The number of nitrogens with one attached hydrogen (secondary N) is 3.